The lowest BCUT2D eigenvalue weighted by molar-refractivity contribution is 0.0996. The van der Waals surface area contributed by atoms with Gasteiger partial charge in [0.15, 0.2) is 5.76 Å². The van der Waals surface area contributed by atoms with Crippen LogP contribution in [0.15, 0.2) is 34.9 Å². The molecule has 0 aliphatic rings. The molecule has 1 aromatic heterocycles. The monoisotopic (exact) mass is 265 g/mol. The van der Waals surface area contributed by atoms with Crippen molar-refractivity contribution in [3.05, 3.63) is 46.9 Å². The van der Waals surface area contributed by atoms with Gasteiger partial charge >= 0.3 is 0 Å². The lowest BCUT2D eigenvalue weighted by atomic mass is 10.2. The van der Waals surface area contributed by atoms with Crippen LogP contribution >= 0.6 is 11.6 Å². The Kier molecular flexibility index (Phi) is 3.58. The molecule has 0 bridgehead atoms. The number of ether oxygens (including phenoxy) is 1. The molecule has 0 atom stereocenters. The number of nitrogens with one attached hydrogen (secondary N) is 1. The first-order valence-electron chi connectivity index (χ1n) is 5.31. The van der Waals surface area contributed by atoms with Crippen molar-refractivity contribution in [2.45, 2.75) is 6.92 Å². The summed E-state index contributed by atoms with van der Waals surface area (Å²) >= 11 is 5.99. The maximum absolute atomic E-state index is 11.8. The minimum Gasteiger partial charge on any atom is -0.495 e. The van der Waals surface area contributed by atoms with Gasteiger partial charge in [0.25, 0.3) is 5.91 Å². The van der Waals surface area contributed by atoms with Crippen molar-refractivity contribution in [1.82, 2.24) is 0 Å². The summed E-state index contributed by atoms with van der Waals surface area (Å²) in [5.41, 5.74) is 1.41. The quantitative estimate of drug-likeness (QED) is 0.924. The smallest absolute Gasteiger partial charge is 0.291 e. The summed E-state index contributed by atoms with van der Waals surface area (Å²) in [4.78, 5) is 11.8. The SMILES string of the molecule is COc1cc(Cl)c(C)cc1NC(=O)c1ccco1. The molecule has 0 spiro atoms. The number of aryl methyl sites for hydroxylation is 1. The molecule has 1 aromatic carbocycles. The van der Waals surface area contributed by atoms with E-state index in [1.54, 1.807) is 24.3 Å². The van der Waals surface area contributed by atoms with E-state index in [0.29, 0.717) is 16.5 Å². The van der Waals surface area contributed by atoms with Crippen LogP contribution in [-0.2, 0) is 0 Å². The van der Waals surface area contributed by atoms with Crippen LogP contribution in [0.25, 0.3) is 0 Å². The van der Waals surface area contributed by atoms with Crippen molar-refractivity contribution in [1.29, 1.82) is 0 Å². The molecule has 0 fully saturated rings. The molecule has 1 amide bonds. The zero-order valence-corrected chi connectivity index (χ0v) is 10.7. The van der Waals surface area contributed by atoms with Gasteiger partial charge in [-0.05, 0) is 30.7 Å². The minimum absolute atomic E-state index is 0.240. The normalized spacial score (nSPS) is 10.2. The lowest BCUT2D eigenvalue weighted by Crippen LogP contribution is -2.11. The summed E-state index contributed by atoms with van der Waals surface area (Å²) in [5.74, 6) is 0.412. The lowest BCUT2D eigenvalue weighted by Gasteiger charge is -2.11. The van der Waals surface area contributed by atoms with Crippen molar-refractivity contribution < 1.29 is 13.9 Å². The maximum Gasteiger partial charge on any atom is 0.291 e. The third-order valence-electron chi connectivity index (χ3n) is 2.47. The van der Waals surface area contributed by atoms with Crippen LogP contribution in [0.4, 0.5) is 5.69 Å². The van der Waals surface area contributed by atoms with E-state index >= 15 is 0 Å². The zero-order valence-electron chi connectivity index (χ0n) is 9.99. The highest BCUT2D eigenvalue weighted by Gasteiger charge is 2.13. The Morgan fingerprint density at radius 1 is 1.44 bits per heavy atom. The summed E-state index contributed by atoms with van der Waals surface area (Å²) in [7, 11) is 1.52. The van der Waals surface area contributed by atoms with Gasteiger partial charge in [0.1, 0.15) is 5.75 Å². The van der Waals surface area contributed by atoms with Gasteiger partial charge in [-0.2, -0.15) is 0 Å². The third kappa shape index (κ3) is 2.49. The molecule has 0 aliphatic carbocycles. The van der Waals surface area contributed by atoms with E-state index in [1.807, 2.05) is 6.92 Å². The molecule has 4 nitrogen and oxygen atoms in total. The Balaban J connectivity index is 2.28. The molecule has 0 radical (unpaired) electrons. The number of halogens is 1. The van der Waals surface area contributed by atoms with Crippen molar-refractivity contribution >= 4 is 23.2 Å². The fraction of sp³-hybridized carbons (Fsp3) is 0.154. The molecule has 0 unspecified atom stereocenters. The number of amides is 1. The predicted molar refractivity (Wildman–Crippen MR) is 69.4 cm³/mol. The zero-order chi connectivity index (χ0) is 13.1. The molecule has 1 heterocycles. The molecular formula is C13H12ClNO3. The van der Waals surface area contributed by atoms with Gasteiger partial charge in [-0.15, -0.1) is 0 Å². The Morgan fingerprint density at radius 3 is 2.83 bits per heavy atom. The van der Waals surface area contributed by atoms with Crippen molar-refractivity contribution in [2.75, 3.05) is 12.4 Å². The summed E-state index contributed by atoms with van der Waals surface area (Å²) < 4.78 is 10.2. The summed E-state index contributed by atoms with van der Waals surface area (Å²) in [6.45, 7) is 1.85. The summed E-state index contributed by atoms with van der Waals surface area (Å²) in [5, 5.41) is 3.30. The second kappa shape index (κ2) is 5.14. The van der Waals surface area contributed by atoms with Gasteiger partial charge in [0, 0.05) is 11.1 Å². The van der Waals surface area contributed by atoms with E-state index in [1.165, 1.54) is 13.4 Å². The molecule has 2 rings (SSSR count). The number of furan rings is 1. The van der Waals surface area contributed by atoms with E-state index in [9.17, 15) is 4.79 Å². The highest BCUT2D eigenvalue weighted by atomic mass is 35.5. The molecule has 2 aromatic rings. The fourth-order valence-electron chi connectivity index (χ4n) is 1.52. The van der Waals surface area contributed by atoms with Crippen molar-refractivity contribution in [2.24, 2.45) is 0 Å². The largest absolute Gasteiger partial charge is 0.495 e. The highest BCUT2D eigenvalue weighted by Crippen LogP contribution is 2.31. The fourth-order valence-corrected chi connectivity index (χ4v) is 1.68. The van der Waals surface area contributed by atoms with E-state index in [0.717, 1.165) is 5.56 Å². The molecule has 5 heteroatoms. The first-order chi connectivity index (χ1) is 8.61. The molecule has 0 saturated heterocycles. The average molecular weight is 266 g/mol. The second-order valence-corrected chi connectivity index (χ2v) is 4.14. The van der Waals surface area contributed by atoms with Gasteiger partial charge in [-0.25, -0.2) is 0 Å². The van der Waals surface area contributed by atoms with E-state index < -0.39 is 0 Å². The van der Waals surface area contributed by atoms with Crippen LogP contribution in [-0.4, -0.2) is 13.0 Å². The second-order valence-electron chi connectivity index (χ2n) is 3.73. The first-order valence-corrected chi connectivity index (χ1v) is 5.68. The topological polar surface area (TPSA) is 51.5 Å². The van der Waals surface area contributed by atoms with Crippen molar-refractivity contribution in [3.63, 3.8) is 0 Å². The molecule has 0 aliphatic heterocycles. The third-order valence-corrected chi connectivity index (χ3v) is 2.88. The van der Waals surface area contributed by atoms with Gasteiger partial charge in [0.05, 0.1) is 19.1 Å². The van der Waals surface area contributed by atoms with Gasteiger partial charge < -0.3 is 14.5 Å². The first kappa shape index (κ1) is 12.5. The van der Waals surface area contributed by atoms with Crippen LogP contribution in [0, 0.1) is 6.92 Å². The Morgan fingerprint density at radius 2 is 2.22 bits per heavy atom. The predicted octanol–water partition coefficient (Wildman–Crippen LogP) is 3.50. The number of carbonyl (C=O) groups excluding carboxylic acids is 1. The Hall–Kier alpha value is -1.94. The highest BCUT2D eigenvalue weighted by molar-refractivity contribution is 6.31. The molecule has 94 valence electrons. The number of carbonyl (C=O) groups is 1. The number of rotatable bonds is 3. The van der Waals surface area contributed by atoms with Crippen LogP contribution in [0.2, 0.25) is 5.02 Å². The molecule has 18 heavy (non-hydrogen) atoms. The molecular weight excluding hydrogens is 254 g/mol. The van der Waals surface area contributed by atoms with Crippen molar-refractivity contribution in [3.8, 4) is 5.75 Å². The van der Waals surface area contributed by atoms with Crippen LogP contribution in [0.1, 0.15) is 16.1 Å². The minimum atomic E-state index is -0.333. The number of hydrogen-bond acceptors (Lipinski definition) is 3. The van der Waals surface area contributed by atoms with E-state index in [2.05, 4.69) is 5.32 Å². The number of hydrogen-bond donors (Lipinski definition) is 1. The van der Waals surface area contributed by atoms with E-state index in [-0.39, 0.29) is 11.7 Å². The van der Waals surface area contributed by atoms with Crippen LogP contribution in [0.5, 0.6) is 5.75 Å². The van der Waals surface area contributed by atoms with E-state index in [4.69, 9.17) is 20.8 Å². The summed E-state index contributed by atoms with van der Waals surface area (Å²) in [6.07, 6.45) is 1.44. The maximum atomic E-state index is 11.8. The average Bonchev–Trinajstić information content (AvgIpc) is 2.87. The van der Waals surface area contributed by atoms with Gasteiger partial charge in [-0.1, -0.05) is 11.6 Å². The Bertz CT molecular complexity index is 564. The molecule has 1 N–H and O–H groups in total. The standard InChI is InChI=1S/C13H12ClNO3/c1-8-6-10(12(17-2)7-9(8)14)15-13(16)11-4-3-5-18-11/h3-7H,1-2H3,(H,15,16). The number of benzene rings is 1. The molecule has 0 saturated carbocycles. The van der Waals surface area contributed by atoms with Gasteiger partial charge in [-0.3, -0.25) is 4.79 Å². The Labute approximate surface area is 110 Å². The van der Waals surface area contributed by atoms with Crippen LogP contribution < -0.4 is 10.1 Å². The summed E-state index contributed by atoms with van der Waals surface area (Å²) in [6, 6.07) is 6.65. The van der Waals surface area contributed by atoms with Gasteiger partial charge in [0.2, 0.25) is 0 Å². The number of anilines is 1. The number of methoxy groups -OCH3 is 1. The van der Waals surface area contributed by atoms with Crippen LogP contribution in [0.3, 0.4) is 0 Å².